The molecule has 0 radical (unpaired) electrons. The van der Waals surface area contributed by atoms with Crippen molar-refractivity contribution in [3.8, 4) is 0 Å². The monoisotopic (exact) mass is 206 g/mol. The van der Waals surface area contributed by atoms with Gasteiger partial charge in [-0.2, -0.15) is 3.89 Å². The van der Waals surface area contributed by atoms with Crippen LogP contribution in [0.25, 0.3) is 0 Å². The predicted octanol–water partition coefficient (Wildman–Crippen LogP) is 1.47. The van der Waals surface area contributed by atoms with Crippen molar-refractivity contribution >= 4 is 34.4 Å². The van der Waals surface area contributed by atoms with Gasteiger partial charge in [0, 0.05) is 0 Å². The van der Waals surface area contributed by atoms with Crippen molar-refractivity contribution in [2.45, 2.75) is 0 Å². The highest BCUT2D eigenvalue weighted by atomic mass is 33.1. The fourth-order valence-corrected chi connectivity index (χ4v) is 0.437. The number of amides is 2. The van der Waals surface area contributed by atoms with E-state index in [1.54, 1.807) is 0 Å². The van der Waals surface area contributed by atoms with Crippen LogP contribution in [0.1, 0.15) is 0 Å². The molecule has 0 fully saturated rings. The number of carbonyl (C=O) groups is 2. The Hall–Kier alpha value is -0.700. The van der Waals surface area contributed by atoms with Crippen LogP contribution in [0.3, 0.4) is 0 Å². The zero-order chi connectivity index (χ0) is 9.28. The number of carboxylic acid groups (broad SMARTS) is 1. The molecule has 0 spiro atoms. The first-order chi connectivity index (χ1) is 5.00. The molecule has 0 aliphatic rings. The molecule has 0 aliphatic carbocycles. The molecule has 0 aromatic carbocycles. The van der Waals surface area contributed by atoms with E-state index in [1.807, 2.05) is 0 Å². The highest BCUT2D eigenvalue weighted by Gasteiger charge is 1.92. The van der Waals surface area contributed by atoms with Crippen molar-refractivity contribution in [3.63, 3.8) is 0 Å². The quantitative estimate of drug-likeness (QED) is 0.275. The first kappa shape index (κ1) is 12.9. The Labute approximate surface area is 68.5 Å². The van der Waals surface area contributed by atoms with Gasteiger partial charge in [0.25, 0.3) is 0 Å². The topological polar surface area (TPSA) is 92.4 Å². The SMILES string of the molecule is NC(=O)O.O=C(F)NSSF. The number of carbonyl (C=O) groups excluding carboxylic acids is 1. The van der Waals surface area contributed by atoms with E-state index in [9.17, 15) is 13.1 Å². The van der Waals surface area contributed by atoms with E-state index in [1.165, 1.54) is 4.72 Å². The minimum absolute atomic E-state index is 0.225. The van der Waals surface area contributed by atoms with Gasteiger partial charge in [0.1, 0.15) is 11.2 Å². The fourth-order valence-electron chi connectivity index (χ4n) is 0.0485. The summed E-state index contributed by atoms with van der Waals surface area (Å²) < 4.78 is 23.3. The van der Waals surface area contributed by atoms with Gasteiger partial charge < -0.3 is 10.8 Å². The third-order valence-electron chi connectivity index (χ3n) is 0.153. The molecule has 0 rings (SSSR count). The lowest BCUT2D eigenvalue weighted by Crippen LogP contribution is -2.03. The van der Waals surface area contributed by atoms with Crippen LogP contribution in [0, 0.1) is 0 Å². The smallest absolute Gasteiger partial charge is 0.408 e. The lowest BCUT2D eigenvalue weighted by atomic mass is 11.3. The third-order valence-corrected chi connectivity index (χ3v) is 0.899. The lowest BCUT2D eigenvalue weighted by Gasteiger charge is -1.84. The lowest BCUT2D eigenvalue weighted by molar-refractivity contribution is 0.205. The number of primary amides is 1. The summed E-state index contributed by atoms with van der Waals surface area (Å²) in [5, 5.41) is 7.19. The minimum atomic E-state index is -1.74. The fraction of sp³-hybridized carbons (Fsp3) is 0. The van der Waals surface area contributed by atoms with Crippen molar-refractivity contribution in [1.29, 1.82) is 0 Å². The van der Waals surface area contributed by atoms with Crippen LogP contribution in [0.15, 0.2) is 0 Å². The zero-order valence-corrected chi connectivity index (χ0v) is 6.55. The summed E-state index contributed by atoms with van der Waals surface area (Å²) in [5.41, 5.74) is 4.03. The molecule has 66 valence electrons. The number of nitrogens with two attached hydrogens (primary N) is 1. The number of rotatable bonds is 2. The Bertz CT molecular complexity index is 131. The highest BCUT2D eigenvalue weighted by molar-refractivity contribution is 8.74. The van der Waals surface area contributed by atoms with Gasteiger partial charge in [-0.1, -0.05) is 0 Å². The molecule has 2 amide bonds. The van der Waals surface area contributed by atoms with Gasteiger partial charge in [-0.3, -0.25) is 4.72 Å². The molecule has 0 bridgehead atoms. The van der Waals surface area contributed by atoms with E-state index in [4.69, 9.17) is 9.90 Å². The van der Waals surface area contributed by atoms with Crippen molar-refractivity contribution in [1.82, 2.24) is 4.72 Å². The largest absolute Gasteiger partial charge is 0.465 e. The molecule has 0 heterocycles. The summed E-state index contributed by atoms with van der Waals surface area (Å²) in [6.45, 7) is 0. The van der Waals surface area contributed by atoms with Crippen molar-refractivity contribution in [2.75, 3.05) is 0 Å². The number of nitrogens with one attached hydrogen (secondary N) is 1. The van der Waals surface area contributed by atoms with Gasteiger partial charge in [-0.15, -0.1) is 4.39 Å². The maximum absolute atomic E-state index is 10.9. The van der Waals surface area contributed by atoms with Crippen molar-refractivity contribution < 1.29 is 23.0 Å². The maximum atomic E-state index is 10.9. The summed E-state index contributed by atoms with van der Waals surface area (Å²) in [5.74, 6) is 0. The molecule has 9 heteroatoms. The van der Waals surface area contributed by atoms with Crippen LogP contribution in [0.4, 0.5) is 17.9 Å². The van der Waals surface area contributed by atoms with Gasteiger partial charge in [-0.25, -0.2) is 9.59 Å². The van der Waals surface area contributed by atoms with Gasteiger partial charge in [0.15, 0.2) is 0 Å². The van der Waals surface area contributed by atoms with Gasteiger partial charge in [-0.05, 0) is 0 Å². The first-order valence-electron chi connectivity index (χ1n) is 1.88. The van der Waals surface area contributed by atoms with Crippen LogP contribution in [-0.2, 0) is 0 Å². The molecule has 0 atom stereocenters. The Morgan fingerprint density at radius 2 is 1.91 bits per heavy atom. The third kappa shape index (κ3) is 45.5. The van der Waals surface area contributed by atoms with Gasteiger partial charge in [0.2, 0.25) is 0 Å². The Kier molecular flexibility index (Phi) is 10.9. The second-order valence-electron chi connectivity index (χ2n) is 0.860. The number of halogens is 2. The Balaban J connectivity index is 0. The molecule has 11 heavy (non-hydrogen) atoms. The van der Waals surface area contributed by atoms with E-state index in [0.717, 1.165) is 0 Å². The average Bonchev–Trinajstić information content (AvgIpc) is 1.82. The van der Waals surface area contributed by atoms with Crippen LogP contribution in [-0.4, -0.2) is 17.4 Å². The second kappa shape index (κ2) is 9.30. The predicted molar refractivity (Wildman–Crippen MR) is 38.1 cm³/mol. The first-order valence-corrected chi connectivity index (χ1v) is 3.93. The van der Waals surface area contributed by atoms with Crippen molar-refractivity contribution in [2.24, 2.45) is 5.73 Å². The summed E-state index contributed by atoms with van der Waals surface area (Å²) in [6, 6.07) is 0. The van der Waals surface area contributed by atoms with Crippen LogP contribution in [0.2, 0.25) is 0 Å². The average molecular weight is 206 g/mol. The summed E-state index contributed by atoms with van der Waals surface area (Å²) in [4.78, 5) is 18.0. The Morgan fingerprint density at radius 3 is 2.00 bits per heavy atom. The van der Waals surface area contributed by atoms with Crippen LogP contribution >= 0.6 is 22.2 Å². The maximum Gasteiger partial charge on any atom is 0.408 e. The highest BCUT2D eigenvalue weighted by Crippen LogP contribution is 2.16. The van der Waals surface area contributed by atoms with Crippen molar-refractivity contribution in [3.05, 3.63) is 0 Å². The Morgan fingerprint density at radius 1 is 1.55 bits per heavy atom. The molecule has 0 unspecified atom stereocenters. The van der Waals surface area contributed by atoms with E-state index in [-0.39, 0.29) is 11.2 Å². The summed E-state index contributed by atoms with van der Waals surface area (Å²) in [7, 11) is 0.292. The minimum Gasteiger partial charge on any atom is -0.465 e. The molecule has 4 N–H and O–H groups in total. The summed E-state index contributed by atoms with van der Waals surface area (Å²) in [6.07, 6.45) is -3.07. The van der Waals surface area contributed by atoms with Crippen LogP contribution in [0.5, 0.6) is 0 Å². The molecule has 0 saturated carbocycles. The number of hydrogen-bond acceptors (Lipinski definition) is 4. The molecular weight excluding hydrogens is 202 g/mol. The zero-order valence-electron chi connectivity index (χ0n) is 4.91. The van der Waals surface area contributed by atoms with E-state index < -0.39 is 12.3 Å². The normalized spacial score (nSPS) is 7.45. The standard InChI is InChI=1S/CHF2NOS2.CH3NO2/c2-1(5)4-7-6-3;2-1(3)4/h(H,4,5);2H2,(H,3,4). The number of hydrogen-bond donors (Lipinski definition) is 3. The van der Waals surface area contributed by atoms with Gasteiger partial charge >= 0.3 is 12.3 Å². The molecule has 5 nitrogen and oxygen atoms in total. The molecule has 0 saturated heterocycles. The molecular formula is C2H4F2N2O3S2. The van der Waals surface area contributed by atoms with E-state index in [0.29, 0.717) is 11.0 Å². The van der Waals surface area contributed by atoms with E-state index >= 15 is 0 Å². The summed E-state index contributed by atoms with van der Waals surface area (Å²) >= 11 is -0.225. The molecule has 0 aliphatic heterocycles. The molecule has 0 aromatic rings. The van der Waals surface area contributed by atoms with E-state index in [2.05, 4.69) is 5.73 Å². The second-order valence-corrected chi connectivity index (χ2v) is 2.24. The van der Waals surface area contributed by atoms with Gasteiger partial charge in [0.05, 0.1) is 11.0 Å². The molecule has 0 aromatic heterocycles. The van der Waals surface area contributed by atoms with Crippen LogP contribution < -0.4 is 10.5 Å².